The van der Waals surface area contributed by atoms with Gasteiger partial charge in [0.1, 0.15) is 0 Å². The van der Waals surface area contributed by atoms with Crippen molar-refractivity contribution in [2.24, 2.45) is 5.73 Å². The van der Waals surface area contributed by atoms with Gasteiger partial charge in [-0.05, 0) is 43.5 Å². The second kappa shape index (κ2) is 12.9. The van der Waals surface area contributed by atoms with Crippen LogP contribution in [0.5, 0.6) is 0 Å². The first kappa shape index (κ1) is 25.5. The number of nitrogens with two attached hydrogens (primary N) is 1. The Morgan fingerprint density at radius 3 is 2.66 bits per heavy atom. The molecule has 8 nitrogen and oxygen atoms in total. The molecule has 3 rings (SSSR count). The zero-order valence-electron chi connectivity index (χ0n) is 18.2. The molecule has 1 aromatic rings. The SMILES string of the molecule is CCCCN(C(=O)OC)C1=CCC=C(N2CCCOC2=O)C=C1.NC(=O)c1ccc(Cl)s1. The van der Waals surface area contributed by atoms with E-state index in [1.807, 2.05) is 24.3 Å². The van der Waals surface area contributed by atoms with Crippen molar-refractivity contribution in [1.29, 1.82) is 0 Å². The topological polar surface area (TPSA) is 102 Å². The van der Waals surface area contributed by atoms with Gasteiger partial charge in [0, 0.05) is 24.5 Å². The van der Waals surface area contributed by atoms with Crippen molar-refractivity contribution >= 4 is 41.0 Å². The van der Waals surface area contributed by atoms with Gasteiger partial charge in [0.05, 0.1) is 22.9 Å². The minimum atomic E-state index is -0.424. The molecule has 3 amide bonds. The largest absolute Gasteiger partial charge is 0.452 e. The van der Waals surface area contributed by atoms with E-state index in [9.17, 15) is 14.4 Å². The van der Waals surface area contributed by atoms with E-state index in [2.05, 4.69) is 6.92 Å². The number of primary amides is 1. The fourth-order valence-corrected chi connectivity index (χ4v) is 3.89. The van der Waals surface area contributed by atoms with Gasteiger partial charge >= 0.3 is 12.2 Å². The van der Waals surface area contributed by atoms with Gasteiger partial charge in [0.15, 0.2) is 0 Å². The van der Waals surface area contributed by atoms with Gasteiger partial charge in [0.25, 0.3) is 5.91 Å². The van der Waals surface area contributed by atoms with Gasteiger partial charge in [-0.1, -0.05) is 37.1 Å². The molecule has 2 N–H and O–H groups in total. The number of halogens is 1. The van der Waals surface area contributed by atoms with E-state index in [1.54, 1.807) is 21.9 Å². The molecule has 1 fully saturated rings. The monoisotopic (exact) mass is 481 g/mol. The number of hydrogen-bond acceptors (Lipinski definition) is 6. The molecular weight excluding hydrogens is 454 g/mol. The van der Waals surface area contributed by atoms with E-state index in [1.165, 1.54) is 18.4 Å². The summed E-state index contributed by atoms with van der Waals surface area (Å²) in [7, 11) is 1.38. The number of cyclic esters (lactones) is 1. The van der Waals surface area contributed by atoms with Crippen LogP contribution < -0.4 is 5.73 Å². The van der Waals surface area contributed by atoms with Crippen molar-refractivity contribution in [2.45, 2.75) is 32.6 Å². The van der Waals surface area contributed by atoms with Crippen LogP contribution in [-0.4, -0.2) is 54.7 Å². The fourth-order valence-electron chi connectivity index (χ4n) is 2.99. The summed E-state index contributed by atoms with van der Waals surface area (Å²) in [4.78, 5) is 38.0. The first-order chi connectivity index (χ1) is 15.4. The van der Waals surface area contributed by atoms with Crippen LogP contribution in [0.25, 0.3) is 0 Å². The van der Waals surface area contributed by atoms with Crippen LogP contribution in [0.2, 0.25) is 4.34 Å². The Morgan fingerprint density at radius 2 is 2.09 bits per heavy atom. The van der Waals surface area contributed by atoms with Gasteiger partial charge in [-0.15, -0.1) is 11.3 Å². The van der Waals surface area contributed by atoms with Crippen LogP contribution in [0.4, 0.5) is 9.59 Å². The molecule has 0 saturated carbocycles. The van der Waals surface area contributed by atoms with Gasteiger partial charge in [-0.3, -0.25) is 14.6 Å². The van der Waals surface area contributed by atoms with Crippen LogP contribution >= 0.6 is 22.9 Å². The highest BCUT2D eigenvalue weighted by molar-refractivity contribution is 7.17. The van der Waals surface area contributed by atoms with E-state index in [0.717, 1.165) is 30.7 Å². The number of methoxy groups -OCH3 is 1. The van der Waals surface area contributed by atoms with Gasteiger partial charge in [0.2, 0.25) is 0 Å². The number of thiophene rings is 1. The van der Waals surface area contributed by atoms with E-state index in [4.69, 9.17) is 26.8 Å². The molecule has 174 valence electrons. The number of nitrogens with zero attached hydrogens (tertiary/aromatic N) is 2. The van der Waals surface area contributed by atoms with Crippen molar-refractivity contribution in [3.8, 4) is 0 Å². The molecule has 0 spiro atoms. The van der Waals surface area contributed by atoms with Crippen molar-refractivity contribution in [3.63, 3.8) is 0 Å². The third-order valence-corrected chi connectivity index (χ3v) is 5.87. The Kier molecular flexibility index (Phi) is 10.3. The summed E-state index contributed by atoms with van der Waals surface area (Å²) in [6, 6.07) is 3.25. The zero-order chi connectivity index (χ0) is 23.5. The van der Waals surface area contributed by atoms with Crippen LogP contribution in [0.3, 0.4) is 0 Å². The third kappa shape index (κ3) is 7.42. The lowest BCUT2D eigenvalue weighted by atomic mass is 10.2. The quantitative estimate of drug-likeness (QED) is 0.620. The maximum absolute atomic E-state index is 12.0. The molecule has 10 heteroatoms. The number of rotatable bonds is 6. The summed E-state index contributed by atoms with van der Waals surface area (Å²) in [6.45, 7) is 3.82. The molecule has 0 atom stereocenters. The molecular formula is C22H28ClN3O5S. The normalized spacial score (nSPS) is 15.5. The van der Waals surface area contributed by atoms with E-state index in [0.29, 0.717) is 35.3 Å². The summed E-state index contributed by atoms with van der Waals surface area (Å²) >= 11 is 6.70. The first-order valence-electron chi connectivity index (χ1n) is 10.3. The zero-order valence-corrected chi connectivity index (χ0v) is 19.8. The van der Waals surface area contributed by atoms with Crippen LogP contribution in [0.15, 0.2) is 47.8 Å². The minimum absolute atomic E-state index is 0.314. The van der Waals surface area contributed by atoms with Crippen molar-refractivity contribution < 1.29 is 23.9 Å². The summed E-state index contributed by atoms with van der Waals surface area (Å²) in [5.74, 6) is -0.424. The van der Waals surface area contributed by atoms with Crippen LogP contribution in [-0.2, 0) is 9.47 Å². The number of carbonyl (C=O) groups is 3. The number of unbranched alkanes of at least 4 members (excludes halogenated alkanes) is 1. The highest BCUT2D eigenvalue weighted by Gasteiger charge is 2.23. The summed E-state index contributed by atoms with van der Waals surface area (Å²) in [5, 5.41) is 0. The van der Waals surface area contributed by atoms with Gasteiger partial charge in [-0.25, -0.2) is 9.59 Å². The minimum Gasteiger partial charge on any atom is -0.452 e. The standard InChI is InChI=1S/C17H24N2O4.C5H4ClNOS/c1-3-4-11-18(16(20)22-2)14-7-5-8-15(10-9-14)19-12-6-13-23-17(19)21;6-4-2-1-3(9-4)5(7)8/h7-10H,3-6,11-13H2,1-2H3;1-2H,(H2,7,8). The molecule has 1 saturated heterocycles. The lowest BCUT2D eigenvalue weighted by molar-refractivity contribution is 0.0870. The van der Waals surface area contributed by atoms with E-state index >= 15 is 0 Å². The molecule has 0 aromatic carbocycles. The average molecular weight is 482 g/mol. The lowest BCUT2D eigenvalue weighted by Crippen LogP contribution is -2.36. The predicted molar refractivity (Wildman–Crippen MR) is 124 cm³/mol. The summed E-state index contributed by atoms with van der Waals surface area (Å²) < 4.78 is 10.5. The molecule has 0 bridgehead atoms. The number of allylic oxidation sites excluding steroid dienone is 4. The Hall–Kier alpha value is -2.78. The van der Waals surface area contributed by atoms with E-state index < -0.39 is 5.91 Å². The highest BCUT2D eigenvalue weighted by Crippen LogP contribution is 2.21. The van der Waals surface area contributed by atoms with Gasteiger partial charge in [-0.2, -0.15) is 0 Å². The maximum atomic E-state index is 12.0. The van der Waals surface area contributed by atoms with Crippen LogP contribution in [0, 0.1) is 0 Å². The fraction of sp³-hybridized carbons (Fsp3) is 0.409. The molecule has 32 heavy (non-hydrogen) atoms. The molecule has 2 aliphatic rings. The number of amides is 3. The van der Waals surface area contributed by atoms with Crippen molar-refractivity contribution in [2.75, 3.05) is 26.8 Å². The first-order valence-corrected chi connectivity index (χ1v) is 11.5. The number of carbonyl (C=O) groups excluding carboxylic acids is 3. The third-order valence-electron chi connectivity index (χ3n) is 4.62. The molecule has 1 aliphatic heterocycles. The smallest absolute Gasteiger partial charge is 0.414 e. The van der Waals surface area contributed by atoms with Crippen molar-refractivity contribution in [3.05, 3.63) is 57.0 Å². The van der Waals surface area contributed by atoms with E-state index in [-0.39, 0.29) is 12.2 Å². The summed E-state index contributed by atoms with van der Waals surface area (Å²) in [5.41, 5.74) is 6.54. The predicted octanol–water partition coefficient (Wildman–Crippen LogP) is 4.93. The second-order valence-corrected chi connectivity index (χ2v) is 8.60. The Morgan fingerprint density at radius 1 is 1.31 bits per heavy atom. The highest BCUT2D eigenvalue weighted by atomic mass is 35.5. The average Bonchev–Trinajstić information content (AvgIpc) is 3.09. The Labute approximate surface area is 196 Å². The van der Waals surface area contributed by atoms with Crippen molar-refractivity contribution in [1.82, 2.24) is 9.80 Å². The lowest BCUT2D eigenvalue weighted by Gasteiger charge is -2.27. The maximum Gasteiger partial charge on any atom is 0.414 e. The molecule has 1 aromatic heterocycles. The number of ether oxygens (including phenoxy) is 2. The molecule has 0 radical (unpaired) electrons. The van der Waals surface area contributed by atoms with Gasteiger partial charge < -0.3 is 15.2 Å². The molecule has 1 aliphatic carbocycles. The Balaban J connectivity index is 0.000000336. The number of hydrogen-bond donors (Lipinski definition) is 1. The molecule has 2 heterocycles. The second-order valence-electron chi connectivity index (χ2n) is 6.89. The summed E-state index contributed by atoms with van der Waals surface area (Å²) in [6.07, 6.45) is 10.3. The molecule has 0 unspecified atom stereocenters. The van der Waals surface area contributed by atoms with Crippen LogP contribution in [0.1, 0.15) is 42.3 Å². The Bertz CT molecular complexity index is 909.